The normalized spacial score (nSPS) is 17.4. The number of nitriles is 1. The number of aromatic nitrogens is 4. The molecule has 1 aliphatic heterocycles. The maximum atomic E-state index is 13.2. The lowest BCUT2D eigenvalue weighted by Crippen LogP contribution is -2.39. The molecule has 0 radical (unpaired) electrons. The maximum absolute atomic E-state index is 13.2. The number of halogens is 1. The van der Waals surface area contributed by atoms with Crippen molar-refractivity contribution in [1.82, 2.24) is 24.6 Å². The monoisotopic (exact) mass is 539 g/mol. The fourth-order valence-corrected chi connectivity index (χ4v) is 5.28. The lowest BCUT2D eigenvalue weighted by atomic mass is 10.1. The van der Waals surface area contributed by atoms with Gasteiger partial charge in [0.15, 0.2) is 5.65 Å². The van der Waals surface area contributed by atoms with Crippen molar-refractivity contribution in [3.63, 3.8) is 0 Å². The largest absolute Gasteiger partial charge is 0.457 e. The van der Waals surface area contributed by atoms with Crippen LogP contribution in [-0.2, 0) is 11.3 Å². The van der Waals surface area contributed by atoms with Crippen molar-refractivity contribution < 1.29 is 9.53 Å². The molecule has 6 rings (SSSR count). The Kier molecular flexibility index (Phi) is 6.63. The van der Waals surface area contributed by atoms with Crippen LogP contribution in [-0.4, -0.2) is 43.1 Å². The molecular formula is C29H26ClN7O2. The summed E-state index contributed by atoms with van der Waals surface area (Å²) >= 11 is 6.72. The highest BCUT2D eigenvalue weighted by atomic mass is 35.5. The van der Waals surface area contributed by atoms with E-state index in [9.17, 15) is 10.1 Å². The molecule has 0 bridgehead atoms. The van der Waals surface area contributed by atoms with Crippen LogP contribution >= 0.6 is 11.6 Å². The third-order valence-corrected chi connectivity index (χ3v) is 7.44. The standard InChI is InChI=1S/C29H26ClN7O2/c30-24-14-22(39-21-6-2-1-3-7-21)10-11-23(24)26-25-27(32)33-17-34-28(25)37(35-26)16-20-5-4-12-36(20)29(38)19(15-31)13-18-8-9-18/h1-3,6-7,10-11,13-14,17-18,20H,4-5,8-9,12,16H2,(H2,32,33,34)/b19-13+. The smallest absolute Gasteiger partial charge is 0.264 e. The minimum absolute atomic E-state index is 0.127. The minimum Gasteiger partial charge on any atom is -0.457 e. The molecule has 2 fully saturated rings. The highest BCUT2D eigenvalue weighted by molar-refractivity contribution is 6.33. The number of carbonyl (C=O) groups is 1. The van der Waals surface area contributed by atoms with Gasteiger partial charge in [-0.15, -0.1) is 0 Å². The van der Waals surface area contributed by atoms with E-state index in [4.69, 9.17) is 27.2 Å². The van der Waals surface area contributed by atoms with Gasteiger partial charge in [-0.2, -0.15) is 10.4 Å². The van der Waals surface area contributed by atoms with E-state index in [1.165, 1.54) is 6.33 Å². The third kappa shape index (κ3) is 5.03. The van der Waals surface area contributed by atoms with Crippen molar-refractivity contribution in [1.29, 1.82) is 5.26 Å². The van der Waals surface area contributed by atoms with E-state index in [1.807, 2.05) is 48.5 Å². The van der Waals surface area contributed by atoms with Crippen LogP contribution in [0, 0.1) is 17.2 Å². The molecule has 39 heavy (non-hydrogen) atoms. The summed E-state index contributed by atoms with van der Waals surface area (Å²) in [5, 5.41) is 15.5. The van der Waals surface area contributed by atoms with Crippen LogP contribution < -0.4 is 10.5 Å². The molecule has 10 heteroatoms. The Bertz CT molecular complexity index is 1620. The lowest BCUT2D eigenvalue weighted by Gasteiger charge is -2.24. The molecule has 3 heterocycles. The van der Waals surface area contributed by atoms with Gasteiger partial charge in [0.1, 0.15) is 41.0 Å². The van der Waals surface area contributed by atoms with Crippen LogP contribution in [0.5, 0.6) is 11.5 Å². The first kappa shape index (κ1) is 24.9. The van der Waals surface area contributed by atoms with E-state index in [-0.39, 0.29) is 17.5 Å². The molecule has 2 aliphatic rings. The Morgan fingerprint density at radius 2 is 1.97 bits per heavy atom. The van der Waals surface area contributed by atoms with E-state index in [0.717, 1.165) is 25.7 Å². The third-order valence-electron chi connectivity index (χ3n) is 7.13. The molecule has 4 aromatic rings. The van der Waals surface area contributed by atoms with Gasteiger partial charge in [0.2, 0.25) is 0 Å². The molecule has 2 aromatic heterocycles. The van der Waals surface area contributed by atoms with Gasteiger partial charge in [-0.3, -0.25) is 4.79 Å². The van der Waals surface area contributed by atoms with Gasteiger partial charge in [0, 0.05) is 18.2 Å². The topological polar surface area (TPSA) is 123 Å². The zero-order chi connectivity index (χ0) is 26.9. The fraction of sp³-hybridized carbons (Fsp3) is 0.276. The van der Waals surface area contributed by atoms with Gasteiger partial charge in [-0.25, -0.2) is 14.6 Å². The summed E-state index contributed by atoms with van der Waals surface area (Å²) in [6.45, 7) is 1.01. The highest BCUT2D eigenvalue weighted by Gasteiger charge is 2.33. The molecule has 2 aromatic carbocycles. The van der Waals surface area contributed by atoms with Gasteiger partial charge in [-0.05, 0) is 55.9 Å². The minimum atomic E-state index is -0.213. The summed E-state index contributed by atoms with van der Waals surface area (Å²) in [5.74, 6) is 1.72. The lowest BCUT2D eigenvalue weighted by molar-refractivity contribution is -0.127. The van der Waals surface area contributed by atoms with Crippen LogP contribution in [0.4, 0.5) is 5.82 Å². The number of nitrogens with two attached hydrogens (primary N) is 1. The second-order valence-electron chi connectivity index (χ2n) is 9.87. The summed E-state index contributed by atoms with van der Waals surface area (Å²) in [5.41, 5.74) is 8.32. The summed E-state index contributed by atoms with van der Waals surface area (Å²) in [4.78, 5) is 23.7. The first-order valence-electron chi connectivity index (χ1n) is 12.9. The van der Waals surface area contributed by atoms with Crippen LogP contribution in [0.1, 0.15) is 25.7 Å². The maximum Gasteiger partial charge on any atom is 0.264 e. The number of carbonyl (C=O) groups excluding carboxylic acids is 1. The van der Waals surface area contributed by atoms with E-state index in [0.29, 0.717) is 63.6 Å². The quantitative estimate of drug-likeness (QED) is 0.247. The van der Waals surface area contributed by atoms with Crippen molar-refractivity contribution in [2.24, 2.45) is 5.92 Å². The second kappa shape index (κ2) is 10.4. The number of hydrogen-bond donors (Lipinski definition) is 1. The molecule has 2 N–H and O–H groups in total. The van der Waals surface area contributed by atoms with Gasteiger partial charge >= 0.3 is 0 Å². The molecule has 1 atom stereocenters. The predicted molar refractivity (Wildman–Crippen MR) is 148 cm³/mol. The average molecular weight is 540 g/mol. The number of hydrogen-bond acceptors (Lipinski definition) is 7. The van der Waals surface area contributed by atoms with E-state index in [1.54, 1.807) is 15.6 Å². The number of nitrogen functional groups attached to an aromatic ring is 1. The number of likely N-dealkylation sites (tertiary alicyclic amines) is 1. The molecular weight excluding hydrogens is 514 g/mol. The van der Waals surface area contributed by atoms with E-state index in [2.05, 4.69) is 16.0 Å². The number of rotatable bonds is 7. The SMILES string of the molecule is N#C/C(=C\C1CC1)C(=O)N1CCCC1Cn1nc(-c2ccc(Oc3ccccc3)cc2Cl)c2c(N)ncnc21. The van der Waals surface area contributed by atoms with Crippen molar-refractivity contribution in [3.05, 3.63) is 71.5 Å². The number of allylic oxidation sites excluding steroid dienone is 1. The Morgan fingerprint density at radius 3 is 2.72 bits per heavy atom. The van der Waals surface area contributed by atoms with Gasteiger partial charge < -0.3 is 15.4 Å². The van der Waals surface area contributed by atoms with Crippen LogP contribution in [0.2, 0.25) is 5.02 Å². The number of nitrogens with zero attached hydrogens (tertiary/aromatic N) is 6. The zero-order valence-electron chi connectivity index (χ0n) is 21.1. The number of benzene rings is 2. The van der Waals surface area contributed by atoms with Crippen molar-refractivity contribution in [2.75, 3.05) is 12.3 Å². The molecule has 1 aliphatic carbocycles. The molecule has 1 unspecified atom stereocenters. The van der Waals surface area contributed by atoms with Crippen LogP contribution in [0.25, 0.3) is 22.3 Å². The van der Waals surface area contributed by atoms with E-state index >= 15 is 0 Å². The molecule has 9 nitrogen and oxygen atoms in total. The van der Waals surface area contributed by atoms with Gasteiger partial charge in [0.05, 0.1) is 23.0 Å². The van der Waals surface area contributed by atoms with Crippen LogP contribution in [0.15, 0.2) is 66.5 Å². The molecule has 1 amide bonds. The molecule has 0 spiro atoms. The van der Waals surface area contributed by atoms with E-state index < -0.39 is 0 Å². The van der Waals surface area contributed by atoms with Crippen molar-refractivity contribution in [2.45, 2.75) is 38.3 Å². The highest BCUT2D eigenvalue weighted by Crippen LogP contribution is 2.38. The number of amides is 1. The van der Waals surface area contributed by atoms with Crippen LogP contribution in [0.3, 0.4) is 0 Å². The van der Waals surface area contributed by atoms with Crippen molar-refractivity contribution in [3.8, 4) is 28.8 Å². The molecule has 196 valence electrons. The first-order chi connectivity index (χ1) is 19.0. The second-order valence-corrected chi connectivity index (χ2v) is 10.3. The Labute approximate surface area is 230 Å². The molecule has 1 saturated heterocycles. The van der Waals surface area contributed by atoms with Gasteiger partial charge in [0.25, 0.3) is 5.91 Å². The Morgan fingerprint density at radius 1 is 1.15 bits per heavy atom. The Balaban J connectivity index is 1.32. The number of para-hydroxylation sites is 1. The fourth-order valence-electron chi connectivity index (χ4n) is 5.02. The summed E-state index contributed by atoms with van der Waals surface area (Å²) in [6, 6.07) is 16.8. The first-order valence-corrected chi connectivity index (χ1v) is 13.3. The number of fused-ring (bicyclic) bond motifs is 1. The predicted octanol–water partition coefficient (Wildman–Crippen LogP) is 5.37. The molecule has 1 saturated carbocycles. The average Bonchev–Trinajstić information content (AvgIpc) is 3.52. The summed E-state index contributed by atoms with van der Waals surface area (Å²) < 4.78 is 7.69. The number of anilines is 1. The zero-order valence-corrected chi connectivity index (χ0v) is 21.9. The van der Waals surface area contributed by atoms with Crippen molar-refractivity contribution >= 4 is 34.4 Å². The Hall–Kier alpha value is -4.42. The summed E-state index contributed by atoms with van der Waals surface area (Å²) in [7, 11) is 0. The van der Waals surface area contributed by atoms with Gasteiger partial charge in [-0.1, -0.05) is 35.9 Å². The number of ether oxygens (including phenoxy) is 1. The summed E-state index contributed by atoms with van der Waals surface area (Å²) in [6.07, 6.45) is 6.95.